The lowest BCUT2D eigenvalue weighted by molar-refractivity contribution is -0.143. The maximum Gasteiger partial charge on any atom is 0.248 e. The van der Waals surface area contributed by atoms with Gasteiger partial charge in [0.2, 0.25) is 17.7 Å². The van der Waals surface area contributed by atoms with E-state index in [0.29, 0.717) is 17.1 Å². The van der Waals surface area contributed by atoms with Crippen molar-refractivity contribution in [2.45, 2.75) is 68.5 Å². The Labute approximate surface area is 210 Å². The van der Waals surface area contributed by atoms with Gasteiger partial charge in [0.15, 0.2) is 0 Å². The third-order valence-corrected chi connectivity index (χ3v) is 10.6. The molecule has 1 spiro atoms. The highest BCUT2D eigenvalue weighted by atomic mass is 35.5. The van der Waals surface area contributed by atoms with E-state index in [1.165, 1.54) is 0 Å². The van der Waals surface area contributed by atoms with Crippen LogP contribution in [0.5, 0.6) is 0 Å². The minimum absolute atomic E-state index is 0.0160. The van der Waals surface area contributed by atoms with Crippen LogP contribution in [0.1, 0.15) is 45.6 Å². The molecule has 3 N–H and O–H groups in total. The van der Waals surface area contributed by atoms with Crippen LogP contribution in [0.3, 0.4) is 0 Å². The van der Waals surface area contributed by atoms with Crippen LogP contribution in [0.2, 0.25) is 5.02 Å². The average molecular weight is 508 g/mol. The van der Waals surface area contributed by atoms with Crippen molar-refractivity contribution in [1.82, 2.24) is 10.2 Å². The van der Waals surface area contributed by atoms with Crippen LogP contribution in [0.25, 0.3) is 0 Å². The van der Waals surface area contributed by atoms with Gasteiger partial charge in [-0.05, 0) is 44.2 Å². The van der Waals surface area contributed by atoms with Crippen LogP contribution >= 0.6 is 23.4 Å². The summed E-state index contributed by atoms with van der Waals surface area (Å²) < 4.78 is -1.15. The highest BCUT2D eigenvalue weighted by Crippen LogP contribution is 2.71. The van der Waals surface area contributed by atoms with E-state index < -0.39 is 33.4 Å². The van der Waals surface area contributed by atoms with Gasteiger partial charge in [0.1, 0.15) is 6.04 Å². The number of aryl methyl sites for hydroxylation is 1. The number of fused-ring (bicyclic) bond motifs is 1. The molecule has 186 valence electrons. The number of likely N-dealkylation sites (tertiary alicyclic amines) is 1. The Morgan fingerprint density at radius 2 is 2.03 bits per heavy atom. The third kappa shape index (κ3) is 3.56. The van der Waals surface area contributed by atoms with Crippen molar-refractivity contribution in [2.24, 2.45) is 17.8 Å². The van der Waals surface area contributed by atoms with E-state index in [1.807, 2.05) is 39.8 Å². The Morgan fingerprint density at radius 1 is 1.32 bits per heavy atom. The number of para-hydroxylation sites is 1. The van der Waals surface area contributed by atoms with Crippen molar-refractivity contribution in [3.63, 3.8) is 0 Å². The topological polar surface area (TPSA) is 98.7 Å². The van der Waals surface area contributed by atoms with Crippen LogP contribution in [0, 0.1) is 24.7 Å². The van der Waals surface area contributed by atoms with E-state index in [1.54, 1.807) is 29.8 Å². The van der Waals surface area contributed by atoms with Crippen LogP contribution in [-0.2, 0) is 14.4 Å². The number of thioether (sulfide) groups is 1. The SMILES string of the molecule is CC[C@H](C)[C@H](CO)N1C(=O)[C@@H]2[C@H](C(=O)NC)[C@]3(C)CCC2(S3)C1C(=O)Nc1c(C)cccc1Cl. The first-order valence-electron chi connectivity index (χ1n) is 12.0. The first kappa shape index (κ1) is 25.3. The van der Waals surface area contributed by atoms with Crippen LogP contribution in [0.15, 0.2) is 18.2 Å². The third-order valence-electron chi connectivity index (χ3n) is 8.31. The second-order valence-corrected chi connectivity index (χ2v) is 12.4. The van der Waals surface area contributed by atoms with Crippen LogP contribution in [-0.4, -0.2) is 63.0 Å². The zero-order chi connectivity index (χ0) is 25.0. The molecular formula is C25H34ClN3O4S. The number of nitrogens with zero attached hydrogens (tertiary/aromatic N) is 1. The molecule has 1 aromatic carbocycles. The van der Waals surface area contributed by atoms with E-state index in [4.69, 9.17) is 11.6 Å². The van der Waals surface area contributed by atoms with Gasteiger partial charge in [-0.1, -0.05) is 44.0 Å². The highest BCUT2D eigenvalue weighted by molar-refractivity contribution is 8.02. The zero-order valence-electron chi connectivity index (χ0n) is 20.4. The molecule has 3 saturated heterocycles. The van der Waals surface area contributed by atoms with Gasteiger partial charge in [-0.15, -0.1) is 11.8 Å². The Balaban J connectivity index is 1.83. The number of halogens is 1. The lowest BCUT2D eigenvalue weighted by Gasteiger charge is -2.39. The van der Waals surface area contributed by atoms with Gasteiger partial charge in [0, 0.05) is 11.8 Å². The van der Waals surface area contributed by atoms with Crippen molar-refractivity contribution in [1.29, 1.82) is 0 Å². The molecule has 3 aliphatic rings. The fraction of sp³-hybridized carbons (Fsp3) is 0.640. The second-order valence-electron chi connectivity index (χ2n) is 10.1. The summed E-state index contributed by atoms with van der Waals surface area (Å²) in [6.45, 7) is 7.65. The number of aliphatic hydroxyl groups excluding tert-OH is 1. The monoisotopic (exact) mass is 507 g/mol. The number of carbonyl (C=O) groups is 3. The minimum Gasteiger partial charge on any atom is -0.394 e. The zero-order valence-corrected chi connectivity index (χ0v) is 21.9. The lowest BCUT2D eigenvalue weighted by atomic mass is 9.66. The summed E-state index contributed by atoms with van der Waals surface area (Å²) >= 11 is 8.02. The molecule has 2 unspecified atom stereocenters. The average Bonchev–Trinajstić information content (AvgIpc) is 3.37. The molecule has 34 heavy (non-hydrogen) atoms. The number of hydrogen-bond acceptors (Lipinski definition) is 5. The van der Waals surface area contributed by atoms with Gasteiger partial charge >= 0.3 is 0 Å². The largest absolute Gasteiger partial charge is 0.394 e. The van der Waals surface area contributed by atoms with Gasteiger partial charge in [-0.25, -0.2) is 0 Å². The van der Waals surface area contributed by atoms with Crippen molar-refractivity contribution in [3.8, 4) is 0 Å². The minimum atomic E-state index is -0.812. The molecular weight excluding hydrogens is 474 g/mol. The summed E-state index contributed by atoms with van der Waals surface area (Å²) in [5.74, 6) is -1.84. The maximum atomic E-state index is 14.1. The van der Waals surface area contributed by atoms with E-state index in [-0.39, 0.29) is 30.2 Å². The van der Waals surface area contributed by atoms with Crippen molar-refractivity contribution in [2.75, 3.05) is 19.0 Å². The second kappa shape index (κ2) is 9.03. The van der Waals surface area contributed by atoms with Crippen LogP contribution < -0.4 is 10.6 Å². The Bertz CT molecular complexity index is 1000. The molecule has 3 aliphatic heterocycles. The number of hydrogen-bond donors (Lipinski definition) is 3. The number of aliphatic hydroxyl groups is 1. The summed E-state index contributed by atoms with van der Waals surface area (Å²) in [5, 5.41) is 16.5. The van der Waals surface area contributed by atoms with Crippen LogP contribution in [0.4, 0.5) is 5.69 Å². The first-order chi connectivity index (χ1) is 16.1. The molecule has 3 fully saturated rings. The van der Waals surface area contributed by atoms with Gasteiger partial charge in [-0.2, -0.15) is 0 Å². The van der Waals surface area contributed by atoms with Gasteiger partial charge in [0.05, 0.1) is 39.9 Å². The number of rotatable bonds is 7. The number of benzene rings is 1. The standard InChI is InChI=1S/C25H34ClN3O4S/c1-6-13(2)16(12-30)29-20(22(32)28-19-14(3)8-7-9-15(19)26)25-11-10-24(4,34-25)17(21(31)27-5)18(25)23(29)33/h7-9,13,16-18,20,30H,6,10-12H2,1-5H3,(H,27,31)(H,28,32)/t13-,16-,17+,18-,20?,24-,25?/m0/s1. The maximum absolute atomic E-state index is 14.1. The summed E-state index contributed by atoms with van der Waals surface area (Å²) in [7, 11) is 1.59. The van der Waals surface area contributed by atoms with Gasteiger partial charge < -0.3 is 20.6 Å². The molecule has 4 rings (SSSR count). The molecule has 9 heteroatoms. The fourth-order valence-corrected chi connectivity index (χ4v) is 8.98. The van der Waals surface area contributed by atoms with Gasteiger partial charge in [0.25, 0.3) is 0 Å². The Hall–Kier alpha value is -1.77. The summed E-state index contributed by atoms with van der Waals surface area (Å²) in [6.07, 6.45) is 2.15. The number of anilines is 1. The van der Waals surface area contributed by atoms with E-state index in [2.05, 4.69) is 10.6 Å². The first-order valence-corrected chi connectivity index (χ1v) is 13.2. The van der Waals surface area contributed by atoms with Crippen molar-refractivity contribution < 1.29 is 19.5 Å². The highest BCUT2D eigenvalue weighted by Gasteiger charge is 2.77. The Morgan fingerprint density at radius 3 is 2.62 bits per heavy atom. The summed E-state index contributed by atoms with van der Waals surface area (Å²) in [5.41, 5.74) is 1.35. The molecule has 0 aromatic heterocycles. The fourth-order valence-electron chi connectivity index (χ4n) is 6.37. The molecule has 1 aromatic rings. The molecule has 7 nitrogen and oxygen atoms in total. The van der Waals surface area contributed by atoms with Gasteiger partial charge in [-0.3, -0.25) is 14.4 Å². The smallest absolute Gasteiger partial charge is 0.248 e. The Kier molecular flexibility index (Phi) is 6.72. The van der Waals surface area contributed by atoms with E-state index >= 15 is 0 Å². The normalized spacial score (nSPS) is 33.6. The molecule has 3 heterocycles. The quantitative estimate of drug-likeness (QED) is 0.526. The summed E-state index contributed by atoms with van der Waals surface area (Å²) in [6, 6.07) is 4.08. The van der Waals surface area contributed by atoms with E-state index in [0.717, 1.165) is 18.4 Å². The lowest BCUT2D eigenvalue weighted by Crippen LogP contribution is -2.56. The number of carbonyl (C=O) groups excluding carboxylic acids is 3. The number of nitrogens with one attached hydrogen (secondary N) is 2. The molecule has 2 bridgehead atoms. The van der Waals surface area contributed by atoms with E-state index in [9.17, 15) is 19.5 Å². The number of amides is 3. The predicted octanol–water partition coefficient (Wildman–Crippen LogP) is 3.22. The molecule has 7 atom stereocenters. The van der Waals surface area contributed by atoms with Crippen molar-refractivity contribution in [3.05, 3.63) is 28.8 Å². The molecule has 3 amide bonds. The molecule has 0 radical (unpaired) electrons. The molecule has 0 aliphatic carbocycles. The molecule has 0 saturated carbocycles. The predicted molar refractivity (Wildman–Crippen MR) is 135 cm³/mol. The summed E-state index contributed by atoms with van der Waals surface area (Å²) in [4.78, 5) is 42.7. The van der Waals surface area contributed by atoms with Crippen molar-refractivity contribution >= 4 is 46.8 Å².